The van der Waals surface area contributed by atoms with Crippen LogP contribution in [0.1, 0.15) is 0 Å². The number of methoxy groups -OCH3 is 1. The van der Waals surface area contributed by atoms with E-state index < -0.39 is 0 Å². The standard InChI is InChI=1S/C13H19N3O2/c1-15-8-10(7-14)9-16(13(15)17)11-3-5-12(18-2)6-4-11/h3-6,10H,7-9,14H2,1-2H3. The van der Waals surface area contributed by atoms with Crippen LogP contribution in [0.15, 0.2) is 24.3 Å². The lowest BCUT2D eigenvalue weighted by atomic mass is 10.1. The van der Waals surface area contributed by atoms with Gasteiger partial charge in [0.2, 0.25) is 0 Å². The first-order chi connectivity index (χ1) is 8.65. The quantitative estimate of drug-likeness (QED) is 0.874. The molecule has 1 aromatic carbocycles. The van der Waals surface area contributed by atoms with Crippen LogP contribution in [0, 0.1) is 5.92 Å². The number of hydrogen-bond acceptors (Lipinski definition) is 3. The topological polar surface area (TPSA) is 58.8 Å². The number of amides is 2. The summed E-state index contributed by atoms with van der Waals surface area (Å²) >= 11 is 0. The van der Waals surface area contributed by atoms with Gasteiger partial charge in [-0.2, -0.15) is 0 Å². The number of hydrogen-bond donors (Lipinski definition) is 1. The van der Waals surface area contributed by atoms with E-state index in [-0.39, 0.29) is 6.03 Å². The van der Waals surface area contributed by atoms with Crippen molar-refractivity contribution in [1.29, 1.82) is 0 Å². The first kappa shape index (κ1) is 12.7. The Kier molecular flexibility index (Phi) is 3.72. The van der Waals surface area contributed by atoms with Gasteiger partial charge in [-0.15, -0.1) is 0 Å². The van der Waals surface area contributed by atoms with Crippen molar-refractivity contribution < 1.29 is 9.53 Å². The summed E-state index contributed by atoms with van der Waals surface area (Å²) in [7, 11) is 3.43. The summed E-state index contributed by atoms with van der Waals surface area (Å²) in [6.45, 7) is 1.98. The van der Waals surface area contributed by atoms with Crippen LogP contribution in [-0.2, 0) is 0 Å². The first-order valence-electron chi connectivity index (χ1n) is 6.02. The van der Waals surface area contributed by atoms with Crippen molar-refractivity contribution in [2.24, 2.45) is 11.7 Å². The maximum Gasteiger partial charge on any atom is 0.324 e. The smallest absolute Gasteiger partial charge is 0.324 e. The molecule has 1 fully saturated rings. The maximum atomic E-state index is 12.1. The number of urea groups is 1. The minimum Gasteiger partial charge on any atom is -0.497 e. The molecule has 1 heterocycles. The third-order valence-electron chi connectivity index (χ3n) is 3.25. The minimum absolute atomic E-state index is 0.0184. The lowest BCUT2D eigenvalue weighted by Crippen LogP contribution is -2.53. The van der Waals surface area contributed by atoms with Crippen molar-refractivity contribution >= 4 is 11.7 Å². The summed E-state index contributed by atoms with van der Waals surface area (Å²) in [6, 6.07) is 7.51. The molecule has 98 valence electrons. The van der Waals surface area contributed by atoms with Crippen LogP contribution < -0.4 is 15.4 Å². The highest BCUT2D eigenvalue weighted by atomic mass is 16.5. The molecule has 0 saturated carbocycles. The number of rotatable bonds is 3. The molecule has 2 N–H and O–H groups in total. The van der Waals surface area contributed by atoms with E-state index in [9.17, 15) is 4.79 Å². The van der Waals surface area contributed by atoms with E-state index in [0.717, 1.165) is 18.0 Å². The fraction of sp³-hybridized carbons (Fsp3) is 0.462. The van der Waals surface area contributed by atoms with E-state index in [1.807, 2.05) is 24.3 Å². The number of carbonyl (C=O) groups excluding carboxylic acids is 1. The molecule has 5 heteroatoms. The molecule has 18 heavy (non-hydrogen) atoms. The van der Waals surface area contributed by atoms with Gasteiger partial charge in [0.1, 0.15) is 5.75 Å². The molecule has 1 atom stereocenters. The molecule has 0 radical (unpaired) electrons. The van der Waals surface area contributed by atoms with Gasteiger partial charge in [-0.25, -0.2) is 4.79 Å². The lowest BCUT2D eigenvalue weighted by Gasteiger charge is -2.38. The fourth-order valence-electron chi connectivity index (χ4n) is 2.19. The van der Waals surface area contributed by atoms with Crippen LogP contribution in [0.4, 0.5) is 10.5 Å². The number of carbonyl (C=O) groups is 1. The van der Waals surface area contributed by atoms with Gasteiger partial charge in [0.05, 0.1) is 7.11 Å². The second kappa shape index (κ2) is 5.27. The van der Waals surface area contributed by atoms with E-state index in [1.54, 1.807) is 24.0 Å². The normalized spacial score (nSPS) is 20.2. The molecule has 1 saturated heterocycles. The average molecular weight is 249 g/mol. The molecule has 1 unspecified atom stereocenters. The van der Waals surface area contributed by atoms with Gasteiger partial charge in [0, 0.05) is 31.7 Å². The summed E-state index contributed by atoms with van der Waals surface area (Å²) in [5, 5.41) is 0. The Morgan fingerprint density at radius 1 is 1.33 bits per heavy atom. The number of benzene rings is 1. The predicted molar refractivity (Wildman–Crippen MR) is 70.9 cm³/mol. The number of ether oxygens (including phenoxy) is 1. The third-order valence-corrected chi connectivity index (χ3v) is 3.25. The molecular weight excluding hydrogens is 230 g/mol. The van der Waals surface area contributed by atoms with E-state index in [0.29, 0.717) is 19.0 Å². The van der Waals surface area contributed by atoms with Gasteiger partial charge in [-0.1, -0.05) is 0 Å². The minimum atomic E-state index is 0.0184. The van der Waals surface area contributed by atoms with Crippen molar-refractivity contribution in [3.63, 3.8) is 0 Å². The zero-order valence-electron chi connectivity index (χ0n) is 10.8. The molecule has 1 aliphatic heterocycles. The summed E-state index contributed by atoms with van der Waals surface area (Å²) < 4.78 is 5.11. The number of nitrogens with two attached hydrogens (primary N) is 1. The highest BCUT2D eigenvalue weighted by molar-refractivity contribution is 5.92. The molecule has 2 rings (SSSR count). The Labute approximate surface area is 107 Å². The van der Waals surface area contributed by atoms with Crippen molar-refractivity contribution in [3.05, 3.63) is 24.3 Å². The lowest BCUT2D eigenvalue weighted by molar-refractivity contribution is 0.194. The molecular formula is C13H19N3O2. The van der Waals surface area contributed by atoms with Gasteiger partial charge in [0.25, 0.3) is 0 Å². The number of nitrogens with zero attached hydrogens (tertiary/aromatic N) is 2. The van der Waals surface area contributed by atoms with Crippen LogP contribution >= 0.6 is 0 Å². The SMILES string of the molecule is COc1ccc(N2CC(CN)CN(C)C2=O)cc1. The van der Waals surface area contributed by atoms with Gasteiger partial charge in [-0.05, 0) is 30.8 Å². The Morgan fingerprint density at radius 3 is 2.56 bits per heavy atom. The molecule has 0 aromatic heterocycles. The van der Waals surface area contributed by atoms with Crippen molar-refractivity contribution in [1.82, 2.24) is 4.90 Å². The van der Waals surface area contributed by atoms with E-state index in [4.69, 9.17) is 10.5 Å². The molecule has 5 nitrogen and oxygen atoms in total. The Morgan fingerprint density at radius 2 is 2.00 bits per heavy atom. The van der Waals surface area contributed by atoms with Crippen molar-refractivity contribution in [2.45, 2.75) is 0 Å². The first-order valence-corrected chi connectivity index (χ1v) is 6.02. The molecule has 0 bridgehead atoms. The van der Waals surface area contributed by atoms with Crippen LogP contribution in [0.5, 0.6) is 5.75 Å². The maximum absolute atomic E-state index is 12.1. The van der Waals surface area contributed by atoms with Gasteiger partial charge in [0.15, 0.2) is 0 Å². The third kappa shape index (κ3) is 2.41. The number of anilines is 1. The predicted octanol–water partition coefficient (Wildman–Crippen LogP) is 1.14. The molecule has 0 aliphatic carbocycles. The van der Waals surface area contributed by atoms with E-state index in [1.165, 1.54) is 0 Å². The van der Waals surface area contributed by atoms with Crippen molar-refractivity contribution in [2.75, 3.05) is 38.7 Å². The van der Waals surface area contributed by atoms with Gasteiger partial charge in [-0.3, -0.25) is 4.90 Å². The molecule has 2 amide bonds. The van der Waals surface area contributed by atoms with E-state index >= 15 is 0 Å². The summed E-state index contributed by atoms with van der Waals surface area (Å²) in [5.41, 5.74) is 6.59. The Hall–Kier alpha value is -1.75. The van der Waals surface area contributed by atoms with Crippen LogP contribution in [0.25, 0.3) is 0 Å². The fourth-order valence-corrected chi connectivity index (χ4v) is 2.19. The van der Waals surface area contributed by atoms with Crippen LogP contribution in [0.2, 0.25) is 0 Å². The largest absolute Gasteiger partial charge is 0.497 e. The van der Waals surface area contributed by atoms with Crippen LogP contribution in [-0.4, -0.2) is 44.7 Å². The van der Waals surface area contributed by atoms with Crippen molar-refractivity contribution in [3.8, 4) is 5.75 Å². The summed E-state index contributed by atoms with van der Waals surface area (Å²) in [6.07, 6.45) is 0. The highest BCUT2D eigenvalue weighted by Gasteiger charge is 2.29. The van der Waals surface area contributed by atoms with Crippen LogP contribution in [0.3, 0.4) is 0 Å². The summed E-state index contributed by atoms with van der Waals surface area (Å²) in [4.78, 5) is 15.6. The molecule has 0 spiro atoms. The van der Waals surface area contributed by atoms with Gasteiger partial charge >= 0.3 is 6.03 Å². The molecule has 1 aromatic rings. The average Bonchev–Trinajstić information content (AvgIpc) is 2.42. The van der Waals surface area contributed by atoms with Gasteiger partial charge < -0.3 is 15.4 Å². The molecule has 1 aliphatic rings. The zero-order chi connectivity index (χ0) is 13.1. The Bertz CT molecular complexity index is 419. The second-order valence-electron chi connectivity index (χ2n) is 4.57. The highest BCUT2D eigenvalue weighted by Crippen LogP contribution is 2.23. The Balaban J connectivity index is 2.21. The van der Waals surface area contributed by atoms with E-state index in [2.05, 4.69) is 0 Å². The monoisotopic (exact) mass is 249 g/mol. The zero-order valence-corrected chi connectivity index (χ0v) is 10.8. The second-order valence-corrected chi connectivity index (χ2v) is 4.57. The summed E-state index contributed by atoms with van der Waals surface area (Å²) in [5.74, 6) is 1.10.